The molecule has 0 saturated carbocycles. The summed E-state index contributed by atoms with van der Waals surface area (Å²) in [7, 11) is 3.02. The van der Waals surface area contributed by atoms with Gasteiger partial charge in [-0.15, -0.1) is 0 Å². The molecule has 0 radical (unpaired) electrons. The summed E-state index contributed by atoms with van der Waals surface area (Å²) in [5.41, 5.74) is 4.47. The summed E-state index contributed by atoms with van der Waals surface area (Å²) < 4.78 is 29.6. The molecule has 2 aliphatic rings. The number of hydrogen-bond donors (Lipinski definition) is 3. The van der Waals surface area contributed by atoms with Crippen LogP contribution < -0.4 is 30.3 Å². The first-order valence-electron chi connectivity index (χ1n) is 10.0. The molecular formula is C17H23IN7O8PS. The van der Waals surface area contributed by atoms with Crippen LogP contribution in [0, 0.1) is 0 Å². The van der Waals surface area contributed by atoms with Gasteiger partial charge in [-0.25, -0.2) is 0 Å². The number of aliphatic hydroxyl groups excluding tert-OH is 1. The Kier molecular flexibility index (Phi) is 7.38. The number of carbonyl (C=O) groups excluding carboxylic acids is 2. The summed E-state index contributed by atoms with van der Waals surface area (Å²) in [4.78, 5) is 38.7. The molecule has 6 atom stereocenters. The number of aromatic nitrogens is 4. The van der Waals surface area contributed by atoms with Crippen molar-refractivity contribution in [3.05, 3.63) is 6.33 Å². The summed E-state index contributed by atoms with van der Waals surface area (Å²) in [5, 5.41) is 21.7. The van der Waals surface area contributed by atoms with Gasteiger partial charge in [-0.05, 0) is 0 Å². The van der Waals surface area contributed by atoms with Crippen molar-refractivity contribution in [1.82, 2.24) is 29.3 Å². The number of amides is 3. The third-order valence-electron chi connectivity index (χ3n) is 5.60. The number of urea groups is 1. The van der Waals surface area contributed by atoms with Gasteiger partial charge < -0.3 is 0 Å². The molecule has 0 aliphatic carbocycles. The van der Waals surface area contributed by atoms with Crippen LogP contribution in [-0.4, -0.2) is 101 Å². The molecule has 4 rings (SSSR count). The van der Waals surface area contributed by atoms with E-state index in [4.69, 9.17) is 19.7 Å². The summed E-state index contributed by atoms with van der Waals surface area (Å²) in [6, 6.07) is -0.413. The molecule has 0 aromatic carbocycles. The molecule has 192 valence electrons. The van der Waals surface area contributed by atoms with Crippen LogP contribution in [0.5, 0.6) is 5.88 Å². The number of aliphatic hydroxyl groups is 2. The van der Waals surface area contributed by atoms with E-state index in [9.17, 15) is 24.4 Å². The predicted octanol–water partition coefficient (Wildman–Crippen LogP) is -3.31. The van der Waals surface area contributed by atoms with E-state index in [0.717, 1.165) is 13.5 Å². The molecule has 4 heterocycles. The van der Waals surface area contributed by atoms with Crippen LogP contribution in [0.4, 0.5) is 10.7 Å². The van der Waals surface area contributed by atoms with Crippen molar-refractivity contribution >= 4 is 44.8 Å². The first-order valence-corrected chi connectivity index (χ1v) is 16.4. The second kappa shape index (κ2) is 9.87. The van der Waals surface area contributed by atoms with E-state index in [0.29, 0.717) is 0 Å². The van der Waals surface area contributed by atoms with Crippen LogP contribution in [0.2, 0.25) is 0 Å². The Morgan fingerprint density at radius 3 is 2.71 bits per heavy atom. The van der Waals surface area contributed by atoms with E-state index in [1.54, 1.807) is 0 Å². The average molecular weight is 643 g/mol. The molecule has 2 aromatic rings. The van der Waals surface area contributed by atoms with Gasteiger partial charge in [0.05, 0.1) is 7.11 Å². The zero-order chi connectivity index (χ0) is 25.7. The maximum absolute atomic E-state index is 12.4. The average Bonchev–Trinajstić information content (AvgIpc) is 3.39. The fraction of sp³-hybridized carbons (Fsp3) is 0.588. The minimum atomic E-state index is -2.27. The number of methoxy groups -OCH3 is 1. The number of carbonyl (C=O) groups is 2. The molecule has 0 bridgehead atoms. The number of nitrogen functional groups attached to an aromatic ring is 1. The van der Waals surface area contributed by atoms with Crippen molar-refractivity contribution in [3.8, 4) is 5.88 Å². The van der Waals surface area contributed by atoms with Crippen LogP contribution in [0.3, 0.4) is 0 Å². The quantitative estimate of drug-likeness (QED) is 0.0852. The SMILES string of the molecule is COc1nc(N)nc2c1ncn2C1OC(CO[P+](=O)S[I-]C2C(=O)N(C)C(=O)N2C)C(O)C1(C)O. The van der Waals surface area contributed by atoms with Crippen LogP contribution in [0.1, 0.15) is 13.2 Å². The van der Waals surface area contributed by atoms with Gasteiger partial charge in [0.2, 0.25) is 0 Å². The van der Waals surface area contributed by atoms with E-state index >= 15 is 0 Å². The fourth-order valence-corrected chi connectivity index (χ4v) is 12.0. The van der Waals surface area contributed by atoms with Crippen LogP contribution >= 0.6 is 15.8 Å². The molecule has 3 amide bonds. The number of alkyl halides is 1. The van der Waals surface area contributed by atoms with Crippen LogP contribution in [0.25, 0.3) is 11.2 Å². The van der Waals surface area contributed by atoms with Gasteiger partial charge in [-0.3, -0.25) is 0 Å². The fourth-order valence-electron chi connectivity index (χ4n) is 3.67. The number of ether oxygens (including phenoxy) is 2. The Hall–Kier alpha value is -1.89. The molecule has 2 saturated heterocycles. The third kappa shape index (κ3) is 4.65. The molecule has 2 aromatic heterocycles. The van der Waals surface area contributed by atoms with Gasteiger partial charge in [0.15, 0.2) is 0 Å². The molecule has 0 spiro atoms. The molecule has 4 N–H and O–H groups in total. The summed E-state index contributed by atoms with van der Waals surface area (Å²) >= 11 is -1.06. The Labute approximate surface area is 212 Å². The molecule has 18 heteroatoms. The number of rotatable bonds is 8. The van der Waals surface area contributed by atoms with Gasteiger partial charge in [-0.1, -0.05) is 0 Å². The standard InChI is InChI=1S/C17H23IN7O8PS/c1-17(29)9(26)7(5-32-34(30)35-18-10-13(27)24(3)16(28)23(10)2)33-14(17)25-6-20-8-11(25)21-15(19)22-12(8)31-4/h6-7,9-10,14,26,29H,5H2,1-4H3,(H2,19,21,22). The Bertz CT molecular complexity index is 1180. The van der Waals surface area contributed by atoms with E-state index in [-0.39, 0.29) is 35.5 Å². The first kappa shape index (κ1) is 26.2. The van der Waals surface area contributed by atoms with Crippen molar-refractivity contribution in [1.29, 1.82) is 0 Å². The van der Waals surface area contributed by atoms with Crippen molar-refractivity contribution in [3.63, 3.8) is 0 Å². The molecule has 2 aliphatic heterocycles. The molecule has 35 heavy (non-hydrogen) atoms. The minimum absolute atomic E-state index is 0.0780. The van der Waals surface area contributed by atoms with Crippen LogP contribution in [-0.2, 0) is 18.6 Å². The van der Waals surface area contributed by atoms with Gasteiger partial charge in [0.1, 0.15) is 0 Å². The molecule has 6 unspecified atom stereocenters. The van der Waals surface area contributed by atoms with Gasteiger partial charge in [-0.2, -0.15) is 0 Å². The number of fused-ring (bicyclic) bond motifs is 1. The number of nitrogens with two attached hydrogens (primary N) is 1. The second-order valence-corrected chi connectivity index (χ2v) is 16.5. The number of imide groups is 1. The Morgan fingerprint density at radius 2 is 2.09 bits per heavy atom. The normalized spacial score (nSPS) is 29.6. The number of halogens is 1. The number of anilines is 1. The van der Waals surface area contributed by atoms with Gasteiger partial charge >= 0.3 is 206 Å². The maximum atomic E-state index is 12.4. The first-order chi connectivity index (χ1) is 16.5. The van der Waals surface area contributed by atoms with Crippen molar-refractivity contribution in [2.24, 2.45) is 0 Å². The summed E-state index contributed by atoms with van der Waals surface area (Å²) in [6.45, 7) is 1.09. The molecular weight excluding hydrogens is 620 g/mol. The molecule has 15 nitrogen and oxygen atoms in total. The van der Waals surface area contributed by atoms with Crippen LogP contribution in [0.15, 0.2) is 6.33 Å². The van der Waals surface area contributed by atoms with E-state index in [2.05, 4.69) is 15.0 Å². The number of nitrogens with zero attached hydrogens (tertiary/aromatic N) is 6. The zero-order valence-corrected chi connectivity index (χ0v) is 22.8. The third-order valence-corrected chi connectivity index (χ3v) is 15.0. The zero-order valence-electron chi connectivity index (χ0n) is 18.9. The van der Waals surface area contributed by atoms with Gasteiger partial charge in [0, 0.05) is 0 Å². The van der Waals surface area contributed by atoms with Crippen molar-refractivity contribution in [2.75, 3.05) is 33.5 Å². The molecule has 2 fully saturated rings. The number of imidazole rings is 1. The van der Waals surface area contributed by atoms with E-state index in [1.165, 1.54) is 43.9 Å². The van der Waals surface area contributed by atoms with E-state index < -0.39 is 61.2 Å². The summed E-state index contributed by atoms with van der Waals surface area (Å²) in [5.74, 6) is -0.282. The second-order valence-electron chi connectivity index (χ2n) is 7.92. The summed E-state index contributed by atoms with van der Waals surface area (Å²) in [6.07, 6.45) is -2.21. The Balaban J connectivity index is 1.41. The topological polar surface area (TPSA) is 195 Å². The van der Waals surface area contributed by atoms with E-state index in [1.807, 2.05) is 0 Å². The van der Waals surface area contributed by atoms with Crippen molar-refractivity contribution < 1.29 is 58.2 Å². The predicted molar refractivity (Wildman–Crippen MR) is 118 cm³/mol. The monoisotopic (exact) mass is 643 g/mol. The number of hydrogen-bond acceptors (Lipinski definition) is 13. The van der Waals surface area contributed by atoms with Gasteiger partial charge in [0.25, 0.3) is 0 Å². The Morgan fingerprint density at radius 1 is 1.37 bits per heavy atom. The number of likely N-dealkylation sites (N-methyl/N-ethyl adjacent to an activating group) is 2. The van der Waals surface area contributed by atoms with Crippen molar-refractivity contribution in [2.45, 2.75) is 35.0 Å².